The third-order valence-corrected chi connectivity index (χ3v) is 4.67. The van der Waals surface area contributed by atoms with E-state index >= 15 is 0 Å². The number of hydrogen-bond acceptors (Lipinski definition) is 3. The number of hydrogen-bond donors (Lipinski definition) is 1. The Kier molecular flexibility index (Phi) is 5.64. The number of ether oxygens (including phenoxy) is 1. The minimum Gasteiger partial charge on any atom is -0.428 e. The van der Waals surface area contributed by atoms with Gasteiger partial charge in [0.25, 0.3) is 16.2 Å². The maximum atomic E-state index is 13.5. The molecule has 0 aliphatic rings. The van der Waals surface area contributed by atoms with Gasteiger partial charge in [-0.25, -0.2) is 12.8 Å². The molecule has 2 aromatic rings. The van der Waals surface area contributed by atoms with E-state index in [0.29, 0.717) is 0 Å². The normalized spacial score (nSPS) is 13.9. The summed E-state index contributed by atoms with van der Waals surface area (Å²) in [6, 6.07) is 9.57. The number of anilines is 1. The highest BCUT2D eigenvalue weighted by Crippen LogP contribution is 2.38. The van der Waals surface area contributed by atoms with Crippen LogP contribution in [-0.4, -0.2) is 26.9 Å². The molecule has 0 aromatic heterocycles. The number of nitrogens with one attached hydrogen (secondary N) is 1. The number of aryl methyl sites for hydroxylation is 1. The Labute approximate surface area is 150 Å². The van der Waals surface area contributed by atoms with Gasteiger partial charge in [-0.3, -0.25) is 4.72 Å². The minimum absolute atomic E-state index is 0.215. The van der Waals surface area contributed by atoms with E-state index in [1.807, 2.05) is 4.72 Å². The van der Waals surface area contributed by atoms with Crippen molar-refractivity contribution in [1.82, 2.24) is 0 Å². The SMILES string of the molecule is Cc1ccc(S(=O)(=O)Nc2ccccc2OC(F)(F)C(F)C(F)(F)F)cc1. The third kappa shape index (κ3) is 5.06. The van der Waals surface area contributed by atoms with Crippen molar-refractivity contribution in [2.24, 2.45) is 0 Å². The maximum Gasteiger partial charge on any atom is 0.439 e. The number of sulfonamides is 1. The lowest BCUT2D eigenvalue weighted by atomic mass is 10.2. The number of alkyl halides is 6. The molecule has 0 bridgehead atoms. The fourth-order valence-corrected chi connectivity index (χ4v) is 3.02. The topological polar surface area (TPSA) is 55.4 Å². The van der Waals surface area contributed by atoms with Gasteiger partial charge in [0.1, 0.15) is 0 Å². The van der Waals surface area contributed by atoms with Crippen LogP contribution in [0, 0.1) is 6.92 Å². The zero-order valence-corrected chi connectivity index (χ0v) is 14.4. The van der Waals surface area contributed by atoms with Crippen molar-refractivity contribution in [3.8, 4) is 5.75 Å². The molecule has 4 nitrogen and oxygen atoms in total. The molecular formula is C16H13F6NO3S. The molecule has 0 amide bonds. The van der Waals surface area contributed by atoms with Gasteiger partial charge in [-0.2, -0.15) is 22.0 Å². The molecule has 1 N–H and O–H groups in total. The van der Waals surface area contributed by atoms with Crippen LogP contribution in [0.3, 0.4) is 0 Å². The van der Waals surface area contributed by atoms with Gasteiger partial charge in [-0.15, -0.1) is 0 Å². The summed E-state index contributed by atoms with van der Waals surface area (Å²) in [4.78, 5) is -0.215. The summed E-state index contributed by atoms with van der Waals surface area (Å²) in [6.45, 7) is 1.71. The average molecular weight is 413 g/mol. The summed E-state index contributed by atoms with van der Waals surface area (Å²) in [6.07, 6.45) is -15.7. The van der Waals surface area contributed by atoms with Crippen LogP contribution < -0.4 is 9.46 Å². The molecule has 0 aliphatic carbocycles. The predicted octanol–water partition coefficient (Wildman–Crippen LogP) is 4.67. The number of halogens is 6. The van der Waals surface area contributed by atoms with Crippen LogP contribution in [0.15, 0.2) is 53.4 Å². The molecule has 11 heteroatoms. The number of para-hydroxylation sites is 2. The first-order valence-corrected chi connectivity index (χ1v) is 8.77. The second kappa shape index (κ2) is 7.29. The van der Waals surface area contributed by atoms with Crippen molar-refractivity contribution in [2.45, 2.75) is 30.3 Å². The van der Waals surface area contributed by atoms with Gasteiger partial charge < -0.3 is 4.74 Å². The summed E-state index contributed by atoms with van der Waals surface area (Å²) in [5, 5.41) is 0. The van der Waals surface area contributed by atoms with E-state index in [0.717, 1.165) is 23.8 Å². The summed E-state index contributed by atoms with van der Waals surface area (Å²) in [7, 11) is -4.25. The van der Waals surface area contributed by atoms with Crippen LogP contribution in [0.2, 0.25) is 0 Å². The van der Waals surface area contributed by atoms with E-state index in [1.54, 1.807) is 6.92 Å². The van der Waals surface area contributed by atoms with Crippen LogP contribution in [0.4, 0.5) is 32.0 Å². The molecule has 2 rings (SSSR count). The Balaban J connectivity index is 2.32. The molecular weight excluding hydrogens is 400 g/mol. The highest BCUT2D eigenvalue weighted by molar-refractivity contribution is 7.92. The van der Waals surface area contributed by atoms with Gasteiger partial charge in [-0.1, -0.05) is 29.8 Å². The van der Waals surface area contributed by atoms with E-state index in [4.69, 9.17) is 0 Å². The van der Waals surface area contributed by atoms with Gasteiger partial charge in [0.05, 0.1) is 10.6 Å². The summed E-state index contributed by atoms with van der Waals surface area (Å²) >= 11 is 0. The van der Waals surface area contributed by atoms with Gasteiger partial charge in [0.2, 0.25) is 0 Å². The quantitative estimate of drug-likeness (QED) is 0.701. The van der Waals surface area contributed by atoms with Crippen molar-refractivity contribution in [1.29, 1.82) is 0 Å². The maximum absolute atomic E-state index is 13.5. The molecule has 0 saturated carbocycles. The first-order chi connectivity index (χ1) is 12.3. The van der Waals surface area contributed by atoms with E-state index in [2.05, 4.69) is 4.74 Å². The Bertz CT molecular complexity index is 897. The van der Waals surface area contributed by atoms with Gasteiger partial charge in [0.15, 0.2) is 5.75 Å². The lowest BCUT2D eigenvalue weighted by Crippen LogP contribution is -2.45. The molecule has 1 unspecified atom stereocenters. The fourth-order valence-electron chi connectivity index (χ4n) is 1.95. The highest BCUT2D eigenvalue weighted by Gasteiger charge is 2.59. The Morgan fingerprint density at radius 1 is 0.963 bits per heavy atom. The molecule has 0 heterocycles. The molecule has 0 aliphatic heterocycles. The van der Waals surface area contributed by atoms with Crippen LogP contribution in [0.5, 0.6) is 5.75 Å². The minimum atomic E-state index is -5.86. The number of rotatable bonds is 6. The van der Waals surface area contributed by atoms with E-state index in [9.17, 15) is 34.8 Å². The Morgan fingerprint density at radius 3 is 2.07 bits per heavy atom. The van der Waals surface area contributed by atoms with E-state index in [1.165, 1.54) is 30.3 Å². The van der Waals surface area contributed by atoms with Crippen molar-refractivity contribution in [3.63, 3.8) is 0 Å². The highest BCUT2D eigenvalue weighted by atomic mass is 32.2. The average Bonchev–Trinajstić information content (AvgIpc) is 2.55. The standard InChI is InChI=1S/C16H13F6NO3S/c1-10-6-8-11(9-7-10)27(24,25)23-12-4-2-3-5-13(12)26-16(21,22)14(17)15(18,19)20/h2-9,14,23H,1H3. The molecule has 1 atom stereocenters. The Morgan fingerprint density at radius 2 is 1.52 bits per heavy atom. The van der Waals surface area contributed by atoms with Crippen LogP contribution >= 0.6 is 0 Å². The molecule has 27 heavy (non-hydrogen) atoms. The zero-order valence-electron chi connectivity index (χ0n) is 13.6. The molecule has 2 aromatic carbocycles. The zero-order chi connectivity index (χ0) is 20.5. The smallest absolute Gasteiger partial charge is 0.428 e. The molecule has 0 saturated heterocycles. The van der Waals surface area contributed by atoms with E-state index < -0.39 is 39.9 Å². The summed E-state index contributed by atoms with van der Waals surface area (Å²) in [5.74, 6) is -0.968. The second-order valence-electron chi connectivity index (χ2n) is 5.48. The van der Waals surface area contributed by atoms with Crippen LogP contribution in [0.25, 0.3) is 0 Å². The molecule has 0 radical (unpaired) electrons. The molecule has 0 spiro atoms. The van der Waals surface area contributed by atoms with Crippen LogP contribution in [-0.2, 0) is 10.0 Å². The third-order valence-electron chi connectivity index (χ3n) is 3.29. The first-order valence-electron chi connectivity index (χ1n) is 7.29. The van der Waals surface area contributed by atoms with Crippen molar-refractivity contribution in [2.75, 3.05) is 4.72 Å². The van der Waals surface area contributed by atoms with E-state index in [-0.39, 0.29) is 4.90 Å². The monoisotopic (exact) mass is 413 g/mol. The lowest BCUT2D eigenvalue weighted by Gasteiger charge is -2.24. The van der Waals surface area contributed by atoms with Crippen molar-refractivity contribution < 1.29 is 39.5 Å². The number of benzene rings is 2. The Hall–Kier alpha value is -2.43. The molecule has 0 fully saturated rings. The van der Waals surface area contributed by atoms with Crippen molar-refractivity contribution in [3.05, 3.63) is 54.1 Å². The summed E-state index contributed by atoms with van der Waals surface area (Å²) < 4.78 is 107. The van der Waals surface area contributed by atoms with Gasteiger partial charge in [-0.05, 0) is 31.2 Å². The van der Waals surface area contributed by atoms with Gasteiger partial charge in [0, 0.05) is 0 Å². The summed E-state index contributed by atoms with van der Waals surface area (Å²) in [5.41, 5.74) is 0.186. The van der Waals surface area contributed by atoms with Crippen molar-refractivity contribution >= 4 is 15.7 Å². The first kappa shape index (κ1) is 20.9. The second-order valence-corrected chi connectivity index (χ2v) is 7.17. The predicted molar refractivity (Wildman–Crippen MR) is 85.0 cm³/mol. The van der Waals surface area contributed by atoms with Gasteiger partial charge >= 0.3 is 12.3 Å². The molecule has 148 valence electrons. The lowest BCUT2D eigenvalue weighted by molar-refractivity contribution is -0.304. The largest absolute Gasteiger partial charge is 0.439 e. The van der Waals surface area contributed by atoms with Crippen LogP contribution in [0.1, 0.15) is 5.56 Å². The fraction of sp³-hybridized carbons (Fsp3) is 0.250.